The van der Waals surface area contributed by atoms with E-state index in [4.69, 9.17) is 9.47 Å². The minimum atomic E-state index is -2.18. The van der Waals surface area contributed by atoms with E-state index in [1.807, 2.05) is 27.7 Å². The summed E-state index contributed by atoms with van der Waals surface area (Å²) in [5.74, 6) is -2.12. The summed E-state index contributed by atoms with van der Waals surface area (Å²) in [7, 11) is 0. The van der Waals surface area contributed by atoms with Crippen LogP contribution in [0.4, 0.5) is 8.78 Å². The molecular weight excluding hydrogens is 474 g/mol. The Balaban J connectivity index is 0.00000141. The van der Waals surface area contributed by atoms with E-state index in [9.17, 15) is 14.7 Å². The van der Waals surface area contributed by atoms with Crippen LogP contribution in [-0.4, -0.2) is 57.2 Å². The monoisotopic (exact) mass is 512 g/mol. The SMILES string of the molecule is CC.CCSC(=O)C12OC(C)(C)O[C@@H]1CC1C3C[C@H](F)C4=CC(=O)C=CC4(C)[C@@]3(F)C(O)CC12C. The lowest BCUT2D eigenvalue weighted by atomic mass is 9.44. The number of hydrogen-bond acceptors (Lipinski definition) is 6. The Morgan fingerprint density at radius 3 is 2.49 bits per heavy atom. The fourth-order valence-corrected chi connectivity index (χ4v) is 8.77. The molecule has 1 aliphatic heterocycles. The average molecular weight is 513 g/mol. The van der Waals surface area contributed by atoms with Crippen LogP contribution in [0.5, 0.6) is 0 Å². The van der Waals surface area contributed by atoms with E-state index in [2.05, 4.69) is 0 Å². The minimum absolute atomic E-state index is 0.0156. The molecule has 0 aromatic carbocycles. The summed E-state index contributed by atoms with van der Waals surface area (Å²) in [5.41, 5.74) is -5.81. The van der Waals surface area contributed by atoms with Crippen molar-refractivity contribution in [1.82, 2.24) is 0 Å². The first kappa shape index (κ1) is 27.0. The topological polar surface area (TPSA) is 72.8 Å². The van der Waals surface area contributed by atoms with Gasteiger partial charge in [-0.25, -0.2) is 8.78 Å². The van der Waals surface area contributed by atoms with Crippen molar-refractivity contribution in [3.8, 4) is 0 Å². The van der Waals surface area contributed by atoms with E-state index in [0.29, 0.717) is 12.2 Å². The molecule has 6 unspecified atom stereocenters. The summed E-state index contributed by atoms with van der Waals surface area (Å²) in [5, 5.41) is 11.3. The Hall–Kier alpha value is -1.09. The highest BCUT2D eigenvalue weighted by Gasteiger charge is 2.80. The average Bonchev–Trinajstić information content (AvgIpc) is 3.20. The Kier molecular flexibility index (Phi) is 6.52. The number of halogens is 2. The number of carbonyl (C=O) groups excluding carboxylic acids is 2. The first-order valence-corrected chi connectivity index (χ1v) is 13.8. The van der Waals surface area contributed by atoms with Gasteiger partial charge in [0.25, 0.3) is 0 Å². The third-order valence-corrected chi connectivity index (χ3v) is 10.1. The van der Waals surface area contributed by atoms with Crippen LogP contribution in [0.3, 0.4) is 0 Å². The van der Waals surface area contributed by atoms with Gasteiger partial charge < -0.3 is 14.6 Å². The van der Waals surface area contributed by atoms with Gasteiger partial charge in [0.2, 0.25) is 5.12 Å². The molecule has 0 bridgehead atoms. The lowest BCUT2D eigenvalue weighted by Crippen LogP contribution is -2.70. The maximum absolute atomic E-state index is 17.3. The standard InChI is InChI=1S/C25H32F2O5S.C2H6/c1-6-33-20(30)25-19(31-21(2,3)32-25)11-14-15-10-17(26)16-9-13(28)7-8-22(16,4)24(15,27)18(29)12-23(14,25)5;1-2/h7-9,14-15,17-19,29H,6,10-12H2,1-5H3;1-2H3/t14?,15?,17-,18?,19+,22?,23?,24-,25?;/m0./s1. The van der Waals surface area contributed by atoms with Crippen molar-refractivity contribution in [2.24, 2.45) is 22.7 Å². The van der Waals surface area contributed by atoms with Gasteiger partial charge in [0.1, 0.15) is 6.17 Å². The molecule has 5 aliphatic rings. The summed E-state index contributed by atoms with van der Waals surface area (Å²) in [6.07, 6.45) is 0.474. The van der Waals surface area contributed by atoms with Crippen LogP contribution in [-0.2, 0) is 19.1 Å². The van der Waals surface area contributed by atoms with E-state index in [1.165, 1.54) is 18.2 Å². The van der Waals surface area contributed by atoms with E-state index >= 15 is 8.78 Å². The number of aliphatic hydroxyl groups is 1. The highest BCUT2D eigenvalue weighted by atomic mass is 32.2. The van der Waals surface area contributed by atoms with Crippen LogP contribution >= 0.6 is 11.8 Å². The Bertz CT molecular complexity index is 981. The molecule has 0 spiro atoms. The highest BCUT2D eigenvalue weighted by molar-refractivity contribution is 8.13. The molecular formula is C27H38F2O5S. The summed E-state index contributed by atoms with van der Waals surface area (Å²) in [4.78, 5) is 25.6. The highest BCUT2D eigenvalue weighted by Crippen LogP contribution is 2.72. The van der Waals surface area contributed by atoms with Crippen LogP contribution in [0.1, 0.15) is 67.7 Å². The molecule has 4 fully saturated rings. The van der Waals surface area contributed by atoms with Crippen molar-refractivity contribution >= 4 is 22.7 Å². The van der Waals surface area contributed by atoms with Crippen molar-refractivity contribution in [3.63, 3.8) is 0 Å². The molecule has 0 aromatic heterocycles. The number of ether oxygens (including phenoxy) is 2. The number of alkyl halides is 2. The molecule has 35 heavy (non-hydrogen) atoms. The molecule has 8 heteroatoms. The van der Waals surface area contributed by atoms with E-state index in [0.717, 1.165) is 11.8 Å². The minimum Gasteiger partial charge on any atom is -0.390 e. The molecule has 1 N–H and O–H groups in total. The van der Waals surface area contributed by atoms with E-state index < -0.39 is 58.1 Å². The van der Waals surface area contributed by atoms with Gasteiger partial charge in [-0.05, 0) is 69.4 Å². The fourth-order valence-electron chi connectivity index (χ4n) is 7.89. The van der Waals surface area contributed by atoms with Crippen molar-refractivity contribution in [3.05, 3.63) is 23.8 Å². The quantitative estimate of drug-likeness (QED) is 0.554. The number of hydrogen-bond donors (Lipinski definition) is 1. The summed E-state index contributed by atoms with van der Waals surface area (Å²) in [6, 6.07) is 0. The van der Waals surface area contributed by atoms with Gasteiger partial charge >= 0.3 is 0 Å². The summed E-state index contributed by atoms with van der Waals surface area (Å²) >= 11 is 1.15. The molecule has 0 aromatic rings. The second-order valence-corrected chi connectivity index (χ2v) is 12.4. The van der Waals surface area contributed by atoms with E-state index in [1.54, 1.807) is 20.8 Å². The first-order chi connectivity index (χ1) is 16.3. The summed E-state index contributed by atoms with van der Waals surface area (Å²) in [6.45, 7) is 12.8. The molecule has 5 rings (SSSR count). The number of rotatable bonds is 2. The van der Waals surface area contributed by atoms with Gasteiger partial charge in [0, 0.05) is 16.7 Å². The van der Waals surface area contributed by atoms with Gasteiger partial charge in [0.15, 0.2) is 22.8 Å². The second kappa shape index (κ2) is 8.47. The summed E-state index contributed by atoms with van der Waals surface area (Å²) < 4.78 is 45.4. The lowest BCUT2D eigenvalue weighted by molar-refractivity contribution is -0.246. The normalized spacial score (nSPS) is 49.1. The smallest absolute Gasteiger partial charge is 0.224 e. The Morgan fingerprint density at radius 1 is 1.20 bits per heavy atom. The van der Waals surface area contributed by atoms with Crippen LogP contribution in [0.15, 0.2) is 23.8 Å². The van der Waals surface area contributed by atoms with Gasteiger partial charge in [0.05, 0.1) is 12.2 Å². The van der Waals surface area contributed by atoms with Gasteiger partial charge in [-0.15, -0.1) is 0 Å². The van der Waals surface area contributed by atoms with Gasteiger partial charge in [-0.2, -0.15) is 0 Å². The zero-order chi connectivity index (χ0) is 26.2. The number of carbonyl (C=O) groups is 2. The molecule has 9 atom stereocenters. The predicted molar refractivity (Wildman–Crippen MR) is 131 cm³/mol. The van der Waals surface area contributed by atoms with Crippen molar-refractivity contribution in [2.45, 2.75) is 103 Å². The number of fused-ring (bicyclic) bond motifs is 7. The molecule has 196 valence electrons. The van der Waals surface area contributed by atoms with Crippen LogP contribution in [0.2, 0.25) is 0 Å². The molecule has 4 aliphatic carbocycles. The Morgan fingerprint density at radius 2 is 1.86 bits per heavy atom. The predicted octanol–water partition coefficient (Wildman–Crippen LogP) is 5.11. The maximum atomic E-state index is 17.3. The molecule has 1 heterocycles. The third-order valence-electron chi connectivity index (χ3n) is 9.20. The maximum Gasteiger partial charge on any atom is 0.224 e. The van der Waals surface area contributed by atoms with Crippen LogP contribution in [0, 0.1) is 22.7 Å². The lowest BCUT2D eigenvalue weighted by Gasteiger charge is -2.63. The Labute approximate surface area is 211 Å². The fraction of sp³-hybridized carbons (Fsp3) is 0.778. The molecule has 1 saturated heterocycles. The number of allylic oxidation sites excluding steroid dienone is 4. The van der Waals surface area contributed by atoms with Gasteiger partial charge in [-0.3, -0.25) is 9.59 Å². The molecule has 5 nitrogen and oxygen atoms in total. The van der Waals surface area contributed by atoms with Crippen LogP contribution in [0.25, 0.3) is 0 Å². The first-order valence-electron chi connectivity index (χ1n) is 12.8. The van der Waals surface area contributed by atoms with Crippen molar-refractivity contribution in [2.75, 3.05) is 5.75 Å². The van der Waals surface area contributed by atoms with Crippen molar-refractivity contribution < 1.29 is 33.0 Å². The number of thioether (sulfide) groups is 1. The number of ketones is 1. The third kappa shape index (κ3) is 3.28. The molecule has 0 amide bonds. The zero-order valence-corrected chi connectivity index (χ0v) is 22.5. The van der Waals surface area contributed by atoms with Crippen molar-refractivity contribution in [1.29, 1.82) is 0 Å². The van der Waals surface area contributed by atoms with Gasteiger partial charge in [-0.1, -0.05) is 45.5 Å². The number of aliphatic hydroxyl groups excluding tert-OH is 1. The second-order valence-electron chi connectivity index (χ2n) is 11.2. The van der Waals surface area contributed by atoms with E-state index in [-0.39, 0.29) is 29.3 Å². The molecule has 0 radical (unpaired) electrons. The zero-order valence-electron chi connectivity index (χ0n) is 21.7. The largest absolute Gasteiger partial charge is 0.390 e. The molecule has 3 saturated carbocycles. The van der Waals surface area contributed by atoms with Crippen LogP contribution < -0.4 is 0 Å².